The van der Waals surface area contributed by atoms with Gasteiger partial charge in [0.25, 0.3) is 0 Å². The third-order valence-electron chi connectivity index (χ3n) is 3.39. The highest BCUT2D eigenvalue weighted by Gasteiger charge is 2.11. The number of benzene rings is 1. The summed E-state index contributed by atoms with van der Waals surface area (Å²) in [7, 11) is 0. The molecule has 0 fully saturated rings. The first kappa shape index (κ1) is 15.2. The quantitative estimate of drug-likeness (QED) is 0.883. The molecule has 4 nitrogen and oxygen atoms in total. The minimum atomic E-state index is -0.0588. The molecule has 0 bridgehead atoms. The van der Waals surface area contributed by atoms with Crippen LogP contribution < -0.4 is 10.6 Å². The number of amides is 1. The van der Waals surface area contributed by atoms with Gasteiger partial charge in [-0.25, -0.2) is 0 Å². The number of nitrogens with one attached hydrogen (secondary N) is 2. The van der Waals surface area contributed by atoms with Crippen molar-refractivity contribution in [1.29, 1.82) is 0 Å². The van der Waals surface area contributed by atoms with E-state index in [1.807, 2.05) is 30.5 Å². The Morgan fingerprint density at radius 2 is 1.81 bits per heavy atom. The Hall–Kier alpha value is -2.20. The molecular weight excluding hydrogens is 262 g/mol. The number of nitrogens with zero attached hydrogens (tertiary/aromatic N) is 1. The van der Waals surface area contributed by atoms with Gasteiger partial charge in [0.15, 0.2) is 0 Å². The highest BCUT2D eigenvalue weighted by Crippen LogP contribution is 2.21. The molecule has 1 unspecified atom stereocenters. The summed E-state index contributed by atoms with van der Waals surface area (Å²) >= 11 is 0. The number of hydrogen-bond donors (Lipinski definition) is 2. The van der Waals surface area contributed by atoms with Crippen molar-refractivity contribution in [2.45, 2.75) is 32.9 Å². The Morgan fingerprint density at radius 1 is 1.10 bits per heavy atom. The van der Waals surface area contributed by atoms with Gasteiger partial charge >= 0.3 is 0 Å². The van der Waals surface area contributed by atoms with Crippen molar-refractivity contribution in [2.24, 2.45) is 0 Å². The van der Waals surface area contributed by atoms with Gasteiger partial charge in [-0.15, -0.1) is 0 Å². The van der Waals surface area contributed by atoms with Gasteiger partial charge in [0.05, 0.1) is 0 Å². The fourth-order valence-electron chi connectivity index (χ4n) is 2.29. The smallest absolute Gasteiger partial charge is 0.221 e. The summed E-state index contributed by atoms with van der Waals surface area (Å²) in [5.74, 6) is -0.0588. The Balaban J connectivity index is 2.06. The van der Waals surface area contributed by atoms with Crippen molar-refractivity contribution in [3.63, 3.8) is 0 Å². The molecule has 0 saturated carbocycles. The van der Waals surface area contributed by atoms with Crippen LogP contribution in [-0.4, -0.2) is 10.9 Å². The van der Waals surface area contributed by atoms with E-state index < -0.39 is 0 Å². The number of hydrogen-bond acceptors (Lipinski definition) is 3. The molecule has 2 rings (SSSR count). The lowest BCUT2D eigenvalue weighted by atomic mass is 10.0. The zero-order chi connectivity index (χ0) is 15.2. The van der Waals surface area contributed by atoms with Crippen molar-refractivity contribution in [3.8, 4) is 0 Å². The summed E-state index contributed by atoms with van der Waals surface area (Å²) in [5, 5.41) is 6.35. The lowest BCUT2D eigenvalue weighted by Crippen LogP contribution is -2.22. The number of carbonyl (C=O) groups is 1. The van der Waals surface area contributed by atoms with Crippen LogP contribution in [0.15, 0.2) is 48.8 Å². The normalized spacial score (nSPS) is 13.5. The number of carbonyl (C=O) groups excluding carboxylic acids is 1. The maximum absolute atomic E-state index is 11.1. The van der Waals surface area contributed by atoms with Crippen molar-refractivity contribution >= 4 is 11.6 Å². The second-order valence-corrected chi connectivity index (χ2v) is 5.20. The fraction of sp³-hybridized carbons (Fsp3) is 0.294. The SMILES string of the molecule is CC(=O)Nc1cccc(C(C)N[C@@H](C)c2cccnc2)c1. The van der Waals surface area contributed by atoms with Crippen molar-refractivity contribution < 1.29 is 4.79 Å². The second-order valence-electron chi connectivity index (χ2n) is 5.20. The van der Waals surface area contributed by atoms with E-state index in [9.17, 15) is 4.79 Å². The Kier molecular flexibility index (Phi) is 5.06. The first-order valence-corrected chi connectivity index (χ1v) is 7.10. The molecule has 2 N–H and O–H groups in total. The Bertz CT molecular complexity index is 598. The van der Waals surface area contributed by atoms with Crippen molar-refractivity contribution in [1.82, 2.24) is 10.3 Å². The van der Waals surface area contributed by atoms with Crippen LogP contribution in [0.2, 0.25) is 0 Å². The zero-order valence-corrected chi connectivity index (χ0v) is 12.6. The molecule has 4 heteroatoms. The number of pyridine rings is 1. The summed E-state index contributed by atoms with van der Waals surface area (Å²) in [6.07, 6.45) is 3.65. The summed E-state index contributed by atoms with van der Waals surface area (Å²) in [6.45, 7) is 5.74. The van der Waals surface area contributed by atoms with Gasteiger partial charge in [-0.05, 0) is 43.2 Å². The van der Waals surface area contributed by atoms with E-state index in [4.69, 9.17) is 0 Å². The van der Waals surface area contributed by atoms with Gasteiger partial charge in [0, 0.05) is 37.1 Å². The summed E-state index contributed by atoms with van der Waals surface area (Å²) < 4.78 is 0. The highest BCUT2D eigenvalue weighted by molar-refractivity contribution is 5.88. The van der Waals surface area contributed by atoms with E-state index in [2.05, 4.69) is 41.6 Å². The van der Waals surface area contributed by atoms with E-state index in [1.165, 1.54) is 6.92 Å². The molecule has 0 radical (unpaired) electrons. The van der Waals surface area contributed by atoms with Crippen LogP contribution in [0.3, 0.4) is 0 Å². The van der Waals surface area contributed by atoms with Crippen LogP contribution in [-0.2, 0) is 4.79 Å². The molecule has 0 spiro atoms. The lowest BCUT2D eigenvalue weighted by Gasteiger charge is -2.21. The highest BCUT2D eigenvalue weighted by atomic mass is 16.1. The molecule has 1 heterocycles. The average molecular weight is 283 g/mol. The third kappa shape index (κ3) is 4.39. The largest absolute Gasteiger partial charge is 0.326 e. The zero-order valence-electron chi connectivity index (χ0n) is 12.6. The van der Waals surface area contributed by atoms with E-state index in [0.29, 0.717) is 0 Å². The van der Waals surface area contributed by atoms with Gasteiger partial charge in [-0.2, -0.15) is 0 Å². The number of anilines is 1. The number of aromatic nitrogens is 1. The molecule has 0 aliphatic heterocycles. The van der Waals surface area contributed by atoms with Crippen LogP contribution in [0, 0.1) is 0 Å². The van der Waals surface area contributed by atoms with Crippen LogP contribution in [0.1, 0.15) is 44.0 Å². The van der Waals surface area contributed by atoms with Crippen LogP contribution in [0.25, 0.3) is 0 Å². The lowest BCUT2D eigenvalue weighted by molar-refractivity contribution is -0.114. The average Bonchev–Trinajstić information content (AvgIpc) is 2.47. The first-order valence-electron chi connectivity index (χ1n) is 7.10. The van der Waals surface area contributed by atoms with Crippen LogP contribution in [0.5, 0.6) is 0 Å². The molecule has 2 aromatic rings. The maximum Gasteiger partial charge on any atom is 0.221 e. The van der Waals surface area contributed by atoms with Gasteiger partial charge < -0.3 is 10.6 Å². The summed E-state index contributed by atoms with van der Waals surface area (Å²) in [4.78, 5) is 15.3. The number of rotatable bonds is 5. The first-order chi connectivity index (χ1) is 10.1. The topological polar surface area (TPSA) is 54.0 Å². The van der Waals surface area contributed by atoms with E-state index >= 15 is 0 Å². The Morgan fingerprint density at radius 3 is 2.48 bits per heavy atom. The Labute approximate surface area is 125 Å². The van der Waals surface area contributed by atoms with Gasteiger partial charge in [-0.1, -0.05) is 18.2 Å². The van der Waals surface area contributed by atoms with Gasteiger partial charge in [0.1, 0.15) is 0 Å². The van der Waals surface area contributed by atoms with Crippen LogP contribution in [0.4, 0.5) is 5.69 Å². The molecule has 1 amide bonds. The molecule has 1 aromatic heterocycles. The predicted octanol–water partition coefficient (Wildman–Crippen LogP) is 3.45. The minimum absolute atomic E-state index is 0.0588. The molecule has 1 aromatic carbocycles. The third-order valence-corrected chi connectivity index (χ3v) is 3.39. The maximum atomic E-state index is 11.1. The summed E-state index contributed by atoms with van der Waals surface area (Å²) in [5.41, 5.74) is 3.11. The minimum Gasteiger partial charge on any atom is -0.326 e. The fourth-order valence-corrected chi connectivity index (χ4v) is 2.29. The van der Waals surface area contributed by atoms with Gasteiger partial charge in [-0.3, -0.25) is 9.78 Å². The second kappa shape index (κ2) is 6.99. The molecule has 21 heavy (non-hydrogen) atoms. The van der Waals surface area contributed by atoms with Gasteiger partial charge in [0.2, 0.25) is 5.91 Å². The molecule has 0 aliphatic carbocycles. The van der Waals surface area contributed by atoms with Crippen molar-refractivity contribution in [2.75, 3.05) is 5.32 Å². The summed E-state index contributed by atoms with van der Waals surface area (Å²) in [6, 6.07) is 12.3. The standard InChI is InChI=1S/C17H21N3O/c1-12(19-13(2)16-7-5-9-18-11-16)15-6-4-8-17(10-15)20-14(3)21/h4-13,19H,1-3H3,(H,20,21)/t12?,13-/m0/s1. The molecule has 0 aliphatic rings. The monoisotopic (exact) mass is 283 g/mol. The molecule has 110 valence electrons. The molecular formula is C17H21N3O. The molecule has 0 saturated heterocycles. The van der Waals surface area contributed by atoms with E-state index in [-0.39, 0.29) is 18.0 Å². The van der Waals surface area contributed by atoms with E-state index in [0.717, 1.165) is 16.8 Å². The molecule has 2 atom stereocenters. The van der Waals surface area contributed by atoms with Crippen LogP contribution >= 0.6 is 0 Å². The van der Waals surface area contributed by atoms with Crippen molar-refractivity contribution in [3.05, 3.63) is 59.9 Å². The predicted molar refractivity (Wildman–Crippen MR) is 84.9 cm³/mol. The van der Waals surface area contributed by atoms with E-state index in [1.54, 1.807) is 6.20 Å².